The molecule has 1 amide bonds. The van der Waals surface area contributed by atoms with E-state index in [1.807, 2.05) is 38.1 Å². The van der Waals surface area contributed by atoms with Gasteiger partial charge in [0.25, 0.3) is 0 Å². The lowest BCUT2D eigenvalue weighted by molar-refractivity contribution is 0.0770. The molecule has 2 heterocycles. The van der Waals surface area contributed by atoms with Gasteiger partial charge in [-0.1, -0.05) is 17.7 Å². The zero-order chi connectivity index (χ0) is 16.9. The van der Waals surface area contributed by atoms with E-state index in [1.165, 1.54) is 5.56 Å². The summed E-state index contributed by atoms with van der Waals surface area (Å²) in [6, 6.07) is 8.10. The standard InChI is InChI=1S/C16H22N6O2/c1-3-24-16(23)21-10-8-20(9-11-21)12-15-17-18-19-22(15)14-6-4-13(2)5-7-14/h4-7H,3,8-12H2,1-2H3. The van der Waals surface area contributed by atoms with Crippen LogP contribution in [0.2, 0.25) is 0 Å². The van der Waals surface area contributed by atoms with Crippen LogP contribution in [0.3, 0.4) is 0 Å². The first kappa shape index (κ1) is 16.4. The summed E-state index contributed by atoms with van der Waals surface area (Å²) in [7, 11) is 0. The molecule has 2 aromatic rings. The Kier molecular flexibility index (Phi) is 5.05. The normalized spacial score (nSPS) is 15.5. The van der Waals surface area contributed by atoms with E-state index in [4.69, 9.17) is 4.74 Å². The van der Waals surface area contributed by atoms with Gasteiger partial charge < -0.3 is 9.64 Å². The van der Waals surface area contributed by atoms with Gasteiger partial charge in [-0.2, -0.15) is 4.68 Å². The van der Waals surface area contributed by atoms with E-state index < -0.39 is 0 Å². The molecule has 1 saturated heterocycles. The molecular weight excluding hydrogens is 308 g/mol. The van der Waals surface area contributed by atoms with E-state index in [2.05, 4.69) is 20.4 Å². The summed E-state index contributed by atoms with van der Waals surface area (Å²) in [5, 5.41) is 12.0. The van der Waals surface area contributed by atoms with Crippen molar-refractivity contribution in [3.8, 4) is 5.69 Å². The minimum absolute atomic E-state index is 0.235. The predicted octanol–water partition coefficient (Wildman–Crippen LogP) is 1.24. The molecule has 1 aliphatic rings. The van der Waals surface area contributed by atoms with E-state index in [0.717, 1.165) is 24.6 Å². The molecule has 3 rings (SSSR count). The second-order valence-corrected chi connectivity index (χ2v) is 5.80. The molecule has 0 saturated carbocycles. The Labute approximate surface area is 141 Å². The summed E-state index contributed by atoms with van der Waals surface area (Å²) in [5.74, 6) is 0.795. The van der Waals surface area contributed by atoms with Crippen LogP contribution in [0.4, 0.5) is 4.79 Å². The minimum atomic E-state index is -0.235. The second-order valence-electron chi connectivity index (χ2n) is 5.80. The first-order valence-electron chi connectivity index (χ1n) is 8.15. The number of carbonyl (C=O) groups excluding carboxylic acids is 1. The average molecular weight is 330 g/mol. The van der Waals surface area contributed by atoms with E-state index in [-0.39, 0.29) is 6.09 Å². The van der Waals surface area contributed by atoms with Gasteiger partial charge in [0.2, 0.25) is 0 Å². The molecule has 0 unspecified atom stereocenters. The molecule has 8 nitrogen and oxygen atoms in total. The van der Waals surface area contributed by atoms with Crippen LogP contribution in [-0.2, 0) is 11.3 Å². The van der Waals surface area contributed by atoms with Gasteiger partial charge in [0.1, 0.15) is 0 Å². The van der Waals surface area contributed by atoms with Crippen molar-refractivity contribution in [2.45, 2.75) is 20.4 Å². The van der Waals surface area contributed by atoms with E-state index >= 15 is 0 Å². The van der Waals surface area contributed by atoms with Crippen LogP contribution in [0.25, 0.3) is 5.69 Å². The Bertz CT molecular complexity index is 676. The van der Waals surface area contributed by atoms with Gasteiger partial charge in [-0.05, 0) is 36.4 Å². The quantitative estimate of drug-likeness (QED) is 0.840. The first-order valence-corrected chi connectivity index (χ1v) is 8.15. The molecule has 1 aromatic carbocycles. The highest BCUT2D eigenvalue weighted by atomic mass is 16.6. The number of rotatable bonds is 4. The number of ether oxygens (including phenoxy) is 1. The van der Waals surface area contributed by atoms with Crippen LogP contribution in [0.1, 0.15) is 18.3 Å². The molecule has 0 bridgehead atoms. The molecule has 24 heavy (non-hydrogen) atoms. The van der Waals surface area contributed by atoms with Crippen molar-refractivity contribution in [2.24, 2.45) is 0 Å². The Morgan fingerprint density at radius 1 is 1.17 bits per heavy atom. The van der Waals surface area contributed by atoms with Crippen LogP contribution in [0.15, 0.2) is 24.3 Å². The van der Waals surface area contributed by atoms with Gasteiger partial charge in [-0.25, -0.2) is 4.79 Å². The number of tetrazole rings is 1. The fraction of sp³-hybridized carbons (Fsp3) is 0.500. The van der Waals surface area contributed by atoms with Crippen molar-refractivity contribution < 1.29 is 9.53 Å². The van der Waals surface area contributed by atoms with Crippen molar-refractivity contribution in [3.63, 3.8) is 0 Å². The molecule has 1 aliphatic heterocycles. The van der Waals surface area contributed by atoms with Crippen LogP contribution in [-0.4, -0.2) is 68.9 Å². The van der Waals surface area contributed by atoms with Crippen LogP contribution >= 0.6 is 0 Å². The molecule has 1 aromatic heterocycles. The van der Waals surface area contributed by atoms with Crippen molar-refractivity contribution in [2.75, 3.05) is 32.8 Å². The first-order chi connectivity index (χ1) is 11.7. The number of hydrogen-bond acceptors (Lipinski definition) is 6. The van der Waals surface area contributed by atoms with Crippen molar-refractivity contribution in [3.05, 3.63) is 35.7 Å². The molecule has 0 spiro atoms. The van der Waals surface area contributed by atoms with Crippen molar-refractivity contribution >= 4 is 6.09 Å². The molecule has 0 radical (unpaired) electrons. The monoisotopic (exact) mass is 330 g/mol. The van der Waals surface area contributed by atoms with Crippen LogP contribution < -0.4 is 0 Å². The Hall–Kier alpha value is -2.48. The molecule has 1 fully saturated rings. The number of hydrogen-bond donors (Lipinski definition) is 0. The third kappa shape index (κ3) is 3.70. The zero-order valence-electron chi connectivity index (χ0n) is 14.1. The van der Waals surface area contributed by atoms with Crippen LogP contribution in [0.5, 0.6) is 0 Å². The minimum Gasteiger partial charge on any atom is -0.450 e. The van der Waals surface area contributed by atoms with Gasteiger partial charge in [-0.15, -0.1) is 5.10 Å². The maximum Gasteiger partial charge on any atom is 0.409 e. The zero-order valence-corrected chi connectivity index (χ0v) is 14.1. The number of benzene rings is 1. The highest BCUT2D eigenvalue weighted by Crippen LogP contribution is 2.12. The van der Waals surface area contributed by atoms with Crippen molar-refractivity contribution in [1.29, 1.82) is 0 Å². The van der Waals surface area contributed by atoms with Gasteiger partial charge >= 0.3 is 6.09 Å². The van der Waals surface area contributed by atoms with E-state index in [0.29, 0.717) is 26.2 Å². The van der Waals surface area contributed by atoms with Gasteiger partial charge in [0, 0.05) is 26.2 Å². The van der Waals surface area contributed by atoms with Gasteiger partial charge in [0.15, 0.2) is 5.82 Å². The number of carbonyl (C=O) groups is 1. The molecule has 128 valence electrons. The maximum absolute atomic E-state index is 11.7. The smallest absolute Gasteiger partial charge is 0.409 e. The van der Waals surface area contributed by atoms with Crippen LogP contribution in [0, 0.1) is 6.92 Å². The highest BCUT2D eigenvalue weighted by molar-refractivity contribution is 5.67. The Balaban J connectivity index is 1.61. The number of aromatic nitrogens is 4. The topological polar surface area (TPSA) is 76.4 Å². The maximum atomic E-state index is 11.7. The number of piperazine rings is 1. The SMILES string of the molecule is CCOC(=O)N1CCN(Cc2nnnn2-c2ccc(C)cc2)CC1. The lowest BCUT2D eigenvalue weighted by atomic mass is 10.2. The third-order valence-electron chi connectivity index (χ3n) is 4.08. The van der Waals surface area contributed by atoms with E-state index in [1.54, 1.807) is 9.58 Å². The molecular formula is C16H22N6O2. The number of amides is 1. The number of nitrogens with zero attached hydrogens (tertiary/aromatic N) is 6. The fourth-order valence-electron chi connectivity index (χ4n) is 2.69. The lowest BCUT2D eigenvalue weighted by Crippen LogP contribution is -2.48. The molecule has 0 atom stereocenters. The summed E-state index contributed by atoms with van der Waals surface area (Å²) in [4.78, 5) is 15.7. The third-order valence-corrected chi connectivity index (χ3v) is 4.08. The van der Waals surface area contributed by atoms with Gasteiger partial charge in [-0.3, -0.25) is 4.90 Å². The molecule has 0 N–H and O–H groups in total. The highest BCUT2D eigenvalue weighted by Gasteiger charge is 2.23. The van der Waals surface area contributed by atoms with Crippen molar-refractivity contribution in [1.82, 2.24) is 30.0 Å². The second kappa shape index (κ2) is 7.39. The summed E-state index contributed by atoms with van der Waals surface area (Å²) in [5.41, 5.74) is 2.15. The summed E-state index contributed by atoms with van der Waals surface area (Å²) < 4.78 is 6.80. The predicted molar refractivity (Wildman–Crippen MR) is 87.8 cm³/mol. The van der Waals surface area contributed by atoms with E-state index in [9.17, 15) is 4.79 Å². The largest absolute Gasteiger partial charge is 0.450 e. The summed E-state index contributed by atoms with van der Waals surface area (Å²) in [6.45, 7) is 7.79. The molecule has 0 aliphatic carbocycles. The Morgan fingerprint density at radius 3 is 2.54 bits per heavy atom. The summed E-state index contributed by atoms with van der Waals surface area (Å²) in [6.07, 6.45) is -0.235. The molecule has 8 heteroatoms. The Morgan fingerprint density at radius 2 is 1.88 bits per heavy atom. The number of aryl methyl sites for hydroxylation is 1. The van der Waals surface area contributed by atoms with Gasteiger partial charge in [0.05, 0.1) is 18.8 Å². The lowest BCUT2D eigenvalue weighted by Gasteiger charge is -2.33. The summed E-state index contributed by atoms with van der Waals surface area (Å²) >= 11 is 0. The average Bonchev–Trinajstić information content (AvgIpc) is 3.04. The fourth-order valence-corrected chi connectivity index (χ4v) is 2.69.